The molecule has 1 saturated heterocycles. The van der Waals surface area contributed by atoms with Crippen molar-refractivity contribution in [3.63, 3.8) is 0 Å². The van der Waals surface area contributed by atoms with E-state index in [1.54, 1.807) is 41.0 Å². The molecule has 2 N–H and O–H groups in total. The summed E-state index contributed by atoms with van der Waals surface area (Å²) in [5, 5.41) is 0.111. The molecule has 0 radical (unpaired) electrons. The number of nitrogens with two attached hydrogens (primary N) is 1. The average molecular weight is 518 g/mol. The van der Waals surface area contributed by atoms with Crippen LogP contribution in [-0.4, -0.2) is 58.3 Å². The second kappa shape index (κ2) is 10.5. The van der Waals surface area contributed by atoms with Gasteiger partial charge in [0, 0.05) is 47.9 Å². The number of anilines is 1. The number of nitrogens with zero attached hydrogens (tertiary/aromatic N) is 4. The molecule has 0 spiro atoms. The van der Waals surface area contributed by atoms with Crippen molar-refractivity contribution in [2.75, 3.05) is 31.9 Å². The second-order valence-corrected chi connectivity index (χ2v) is 8.76. The van der Waals surface area contributed by atoms with Gasteiger partial charge in [0.15, 0.2) is 5.82 Å². The van der Waals surface area contributed by atoms with Crippen molar-refractivity contribution in [3.05, 3.63) is 69.6 Å². The minimum atomic E-state index is -0.753. The van der Waals surface area contributed by atoms with Gasteiger partial charge < -0.3 is 20.3 Å². The highest BCUT2D eigenvalue weighted by atomic mass is 35.5. The van der Waals surface area contributed by atoms with E-state index in [-0.39, 0.29) is 33.2 Å². The standard InChI is InChI=1S/C24H22Cl2FN5O3/c1-14(20-17(25)6-7-18(27)21(20)26)35-23-22(28)29-12-19(30-23)15-2-4-16(5-3-15)24(34)32-10-8-31(13-33)9-11-32/h2-7,12-14H,8-11H2,1H3,(H2,28,29)/t14-/m1/s1. The third kappa shape index (κ3) is 5.31. The fourth-order valence-electron chi connectivity index (χ4n) is 3.75. The number of halogens is 3. The molecule has 35 heavy (non-hydrogen) atoms. The molecule has 1 aromatic heterocycles. The number of rotatable bonds is 6. The van der Waals surface area contributed by atoms with Gasteiger partial charge in [-0.25, -0.2) is 14.4 Å². The van der Waals surface area contributed by atoms with Crippen LogP contribution in [0.1, 0.15) is 28.9 Å². The lowest BCUT2D eigenvalue weighted by molar-refractivity contribution is -0.119. The number of benzene rings is 2. The number of nitrogen functional groups attached to an aromatic ring is 1. The summed E-state index contributed by atoms with van der Waals surface area (Å²) in [7, 11) is 0. The van der Waals surface area contributed by atoms with Crippen LogP contribution in [0.25, 0.3) is 11.3 Å². The first-order valence-electron chi connectivity index (χ1n) is 10.8. The molecule has 4 rings (SSSR count). The maximum atomic E-state index is 13.9. The first-order valence-corrected chi connectivity index (χ1v) is 11.6. The van der Waals surface area contributed by atoms with Gasteiger partial charge in [0.05, 0.1) is 16.9 Å². The Kier molecular flexibility index (Phi) is 7.37. The number of amides is 2. The highest BCUT2D eigenvalue weighted by Gasteiger charge is 2.22. The number of carbonyl (C=O) groups is 2. The van der Waals surface area contributed by atoms with Crippen molar-refractivity contribution in [3.8, 4) is 17.1 Å². The Labute approximate surface area is 211 Å². The van der Waals surface area contributed by atoms with Gasteiger partial charge in [-0.15, -0.1) is 0 Å². The summed E-state index contributed by atoms with van der Waals surface area (Å²) in [5.41, 5.74) is 7.91. The molecule has 8 nitrogen and oxygen atoms in total. The van der Waals surface area contributed by atoms with Crippen LogP contribution in [0.4, 0.5) is 10.2 Å². The zero-order chi connectivity index (χ0) is 25.1. The molecule has 1 fully saturated rings. The van der Waals surface area contributed by atoms with E-state index in [0.29, 0.717) is 43.0 Å². The van der Waals surface area contributed by atoms with Gasteiger partial charge in [-0.05, 0) is 31.2 Å². The molecular formula is C24H22Cl2FN5O3. The van der Waals surface area contributed by atoms with Crippen LogP contribution in [0, 0.1) is 5.82 Å². The number of hydrogen-bond donors (Lipinski definition) is 1. The van der Waals surface area contributed by atoms with E-state index in [4.69, 9.17) is 33.7 Å². The maximum Gasteiger partial charge on any atom is 0.258 e. The van der Waals surface area contributed by atoms with E-state index in [0.717, 1.165) is 6.41 Å². The van der Waals surface area contributed by atoms with Crippen LogP contribution in [0.5, 0.6) is 5.88 Å². The molecular weight excluding hydrogens is 496 g/mol. The summed E-state index contributed by atoms with van der Waals surface area (Å²) < 4.78 is 19.8. The molecule has 0 unspecified atom stereocenters. The van der Waals surface area contributed by atoms with Gasteiger partial charge in [0.2, 0.25) is 6.41 Å². The minimum Gasteiger partial charge on any atom is -0.467 e. The van der Waals surface area contributed by atoms with E-state index in [1.807, 2.05) is 0 Å². The van der Waals surface area contributed by atoms with Crippen LogP contribution < -0.4 is 10.5 Å². The Morgan fingerprint density at radius 3 is 2.49 bits per heavy atom. The zero-order valence-electron chi connectivity index (χ0n) is 18.7. The van der Waals surface area contributed by atoms with Crippen molar-refractivity contribution in [1.82, 2.24) is 19.8 Å². The summed E-state index contributed by atoms with van der Waals surface area (Å²) >= 11 is 12.3. The lowest BCUT2D eigenvalue weighted by atomic mass is 10.1. The molecule has 3 aromatic rings. The lowest BCUT2D eigenvalue weighted by Crippen LogP contribution is -2.48. The molecule has 0 bridgehead atoms. The number of carbonyl (C=O) groups excluding carboxylic acids is 2. The van der Waals surface area contributed by atoms with Crippen LogP contribution in [-0.2, 0) is 4.79 Å². The van der Waals surface area contributed by atoms with Gasteiger partial charge in [0.1, 0.15) is 11.9 Å². The molecule has 182 valence electrons. The normalized spacial score (nSPS) is 14.5. The van der Waals surface area contributed by atoms with Gasteiger partial charge in [-0.3, -0.25) is 9.59 Å². The van der Waals surface area contributed by atoms with E-state index in [9.17, 15) is 14.0 Å². The van der Waals surface area contributed by atoms with Crippen molar-refractivity contribution in [1.29, 1.82) is 0 Å². The largest absolute Gasteiger partial charge is 0.467 e. The topological polar surface area (TPSA) is 102 Å². The summed E-state index contributed by atoms with van der Waals surface area (Å²) in [5.74, 6) is -0.633. The number of ether oxygens (including phenoxy) is 1. The Morgan fingerprint density at radius 2 is 1.83 bits per heavy atom. The number of piperazine rings is 1. The first kappa shape index (κ1) is 24.7. The predicted molar refractivity (Wildman–Crippen MR) is 131 cm³/mol. The van der Waals surface area contributed by atoms with Crippen LogP contribution in [0.2, 0.25) is 10.0 Å². The quantitative estimate of drug-likeness (QED) is 0.387. The van der Waals surface area contributed by atoms with Crippen molar-refractivity contribution < 1.29 is 18.7 Å². The van der Waals surface area contributed by atoms with Gasteiger partial charge >= 0.3 is 0 Å². The number of hydrogen-bond acceptors (Lipinski definition) is 6. The molecule has 1 aliphatic heterocycles. The fourth-order valence-corrected chi connectivity index (χ4v) is 4.42. The smallest absolute Gasteiger partial charge is 0.258 e. The van der Waals surface area contributed by atoms with E-state index < -0.39 is 11.9 Å². The molecule has 11 heteroatoms. The highest BCUT2D eigenvalue weighted by Crippen LogP contribution is 2.35. The molecule has 0 saturated carbocycles. The van der Waals surface area contributed by atoms with E-state index >= 15 is 0 Å². The Bertz CT molecular complexity index is 1250. The van der Waals surface area contributed by atoms with Crippen molar-refractivity contribution >= 4 is 41.3 Å². The van der Waals surface area contributed by atoms with E-state index in [1.165, 1.54) is 18.3 Å². The summed E-state index contributed by atoms with van der Waals surface area (Å²) in [6.07, 6.45) is 1.53. The van der Waals surface area contributed by atoms with Crippen LogP contribution in [0.3, 0.4) is 0 Å². The molecule has 2 amide bonds. The summed E-state index contributed by atoms with van der Waals surface area (Å²) in [6.45, 7) is 3.65. The lowest BCUT2D eigenvalue weighted by Gasteiger charge is -2.32. The monoisotopic (exact) mass is 517 g/mol. The Morgan fingerprint density at radius 1 is 1.14 bits per heavy atom. The SMILES string of the molecule is C[C@@H](Oc1nc(-c2ccc(C(=O)N3CCN(C=O)CC3)cc2)cnc1N)c1c(Cl)ccc(F)c1Cl. The van der Waals surface area contributed by atoms with Gasteiger partial charge in [0.25, 0.3) is 11.8 Å². The van der Waals surface area contributed by atoms with Crippen molar-refractivity contribution in [2.24, 2.45) is 0 Å². The third-order valence-electron chi connectivity index (χ3n) is 5.72. The summed E-state index contributed by atoms with van der Waals surface area (Å²) in [4.78, 5) is 35.6. The first-order chi connectivity index (χ1) is 16.8. The Balaban J connectivity index is 1.51. The van der Waals surface area contributed by atoms with Crippen molar-refractivity contribution in [2.45, 2.75) is 13.0 Å². The second-order valence-electron chi connectivity index (χ2n) is 7.97. The fraction of sp³-hybridized carbons (Fsp3) is 0.250. The van der Waals surface area contributed by atoms with Gasteiger partial charge in [-0.1, -0.05) is 35.3 Å². The number of aromatic nitrogens is 2. The zero-order valence-corrected chi connectivity index (χ0v) is 20.3. The highest BCUT2D eigenvalue weighted by molar-refractivity contribution is 6.36. The average Bonchev–Trinajstić information content (AvgIpc) is 2.87. The van der Waals surface area contributed by atoms with E-state index in [2.05, 4.69) is 9.97 Å². The van der Waals surface area contributed by atoms with Gasteiger partial charge in [-0.2, -0.15) is 0 Å². The minimum absolute atomic E-state index is 0.0413. The molecule has 2 aromatic carbocycles. The predicted octanol–water partition coefficient (Wildman–Crippen LogP) is 4.23. The molecule has 1 atom stereocenters. The Hall–Kier alpha value is -3.43. The maximum absolute atomic E-state index is 13.9. The molecule has 0 aliphatic carbocycles. The molecule has 1 aliphatic rings. The van der Waals surface area contributed by atoms with Crippen LogP contribution in [0.15, 0.2) is 42.6 Å². The third-order valence-corrected chi connectivity index (χ3v) is 6.43. The summed E-state index contributed by atoms with van der Waals surface area (Å²) in [6, 6.07) is 9.49. The van der Waals surface area contributed by atoms with Crippen LogP contribution >= 0.6 is 23.2 Å². The molecule has 2 heterocycles.